The van der Waals surface area contributed by atoms with Gasteiger partial charge in [-0.1, -0.05) is 0 Å². The first-order chi connectivity index (χ1) is 9.08. The summed E-state index contributed by atoms with van der Waals surface area (Å²) in [4.78, 5) is 26.1. The van der Waals surface area contributed by atoms with E-state index in [1.807, 2.05) is 19.9 Å². The monoisotopic (exact) mass is 262 g/mol. The molecule has 102 valence electrons. The van der Waals surface area contributed by atoms with E-state index in [4.69, 9.17) is 4.42 Å². The van der Waals surface area contributed by atoms with Crippen LogP contribution in [0.1, 0.15) is 34.7 Å². The van der Waals surface area contributed by atoms with E-state index in [1.54, 1.807) is 4.90 Å². The number of likely N-dealkylation sites (tertiary alicyclic amines) is 1. The molecule has 0 spiro atoms. The SMILES string of the molecule is Cc1cc(C)c(C(=O)N2CCC[C@H]3C(=O)NC[C@H]32)o1. The highest BCUT2D eigenvalue weighted by Gasteiger charge is 2.43. The van der Waals surface area contributed by atoms with Crippen molar-refractivity contribution in [1.82, 2.24) is 10.2 Å². The molecular weight excluding hydrogens is 244 g/mol. The lowest BCUT2D eigenvalue weighted by Gasteiger charge is -2.35. The van der Waals surface area contributed by atoms with Crippen LogP contribution in [0.3, 0.4) is 0 Å². The van der Waals surface area contributed by atoms with Gasteiger partial charge in [0.25, 0.3) is 5.91 Å². The van der Waals surface area contributed by atoms with Crippen LogP contribution in [0.25, 0.3) is 0 Å². The van der Waals surface area contributed by atoms with E-state index >= 15 is 0 Å². The second kappa shape index (κ2) is 4.40. The minimum absolute atomic E-state index is 0.0152. The molecule has 2 amide bonds. The van der Waals surface area contributed by atoms with Gasteiger partial charge in [0.2, 0.25) is 5.91 Å². The smallest absolute Gasteiger partial charge is 0.290 e. The molecule has 2 fully saturated rings. The number of carbonyl (C=O) groups excluding carboxylic acids is 2. The zero-order chi connectivity index (χ0) is 13.6. The number of hydrogen-bond donors (Lipinski definition) is 1. The Hall–Kier alpha value is -1.78. The van der Waals surface area contributed by atoms with Gasteiger partial charge < -0.3 is 14.6 Å². The summed E-state index contributed by atoms with van der Waals surface area (Å²) < 4.78 is 5.51. The van der Waals surface area contributed by atoms with Gasteiger partial charge in [0, 0.05) is 18.7 Å². The number of rotatable bonds is 1. The van der Waals surface area contributed by atoms with E-state index < -0.39 is 0 Å². The van der Waals surface area contributed by atoms with E-state index in [0.29, 0.717) is 18.8 Å². The molecule has 2 atom stereocenters. The summed E-state index contributed by atoms with van der Waals surface area (Å²) in [6.45, 7) is 4.98. The van der Waals surface area contributed by atoms with Crippen molar-refractivity contribution in [3.05, 3.63) is 23.2 Å². The molecule has 1 aromatic rings. The molecule has 0 unspecified atom stereocenters. The number of nitrogens with one attached hydrogen (secondary N) is 1. The van der Waals surface area contributed by atoms with Crippen LogP contribution in [-0.4, -0.2) is 35.8 Å². The highest BCUT2D eigenvalue weighted by Crippen LogP contribution is 2.29. The summed E-state index contributed by atoms with van der Waals surface area (Å²) in [6.07, 6.45) is 1.75. The Balaban J connectivity index is 1.87. The standard InChI is InChI=1S/C14H18N2O3/c1-8-6-9(2)19-12(8)14(18)16-5-3-4-10-11(16)7-15-13(10)17/h6,10-11H,3-5,7H2,1-2H3,(H,15,17)/t10-,11-/m1/s1. The summed E-state index contributed by atoms with van der Waals surface area (Å²) in [6, 6.07) is 1.85. The zero-order valence-electron chi connectivity index (χ0n) is 11.2. The highest BCUT2D eigenvalue weighted by molar-refractivity contribution is 5.94. The lowest BCUT2D eigenvalue weighted by Crippen LogP contribution is -2.48. The Bertz CT molecular complexity index is 535. The molecule has 5 heteroatoms. The van der Waals surface area contributed by atoms with Crippen LogP contribution in [0.2, 0.25) is 0 Å². The third-order valence-electron chi connectivity index (χ3n) is 4.10. The Kier molecular flexibility index (Phi) is 2.84. The number of piperidine rings is 1. The van der Waals surface area contributed by atoms with Gasteiger partial charge in [-0.2, -0.15) is 0 Å². The number of fused-ring (bicyclic) bond motifs is 1. The van der Waals surface area contributed by atoms with Gasteiger partial charge in [-0.25, -0.2) is 0 Å². The molecule has 19 heavy (non-hydrogen) atoms. The predicted octanol–water partition coefficient (Wildman–Crippen LogP) is 1.25. The van der Waals surface area contributed by atoms with Crippen molar-refractivity contribution in [3.63, 3.8) is 0 Å². The third kappa shape index (κ3) is 1.93. The molecule has 0 radical (unpaired) electrons. The average Bonchev–Trinajstić information content (AvgIpc) is 2.92. The second-order valence-electron chi connectivity index (χ2n) is 5.43. The molecule has 0 aromatic carbocycles. The molecule has 0 saturated carbocycles. The van der Waals surface area contributed by atoms with E-state index in [9.17, 15) is 9.59 Å². The van der Waals surface area contributed by atoms with E-state index in [0.717, 1.165) is 24.2 Å². The van der Waals surface area contributed by atoms with Gasteiger partial charge in [0.15, 0.2) is 5.76 Å². The van der Waals surface area contributed by atoms with Crippen LogP contribution >= 0.6 is 0 Å². The normalized spacial score (nSPS) is 26.2. The van der Waals surface area contributed by atoms with Gasteiger partial charge >= 0.3 is 0 Å². The second-order valence-corrected chi connectivity index (χ2v) is 5.43. The maximum atomic E-state index is 12.6. The number of hydrogen-bond acceptors (Lipinski definition) is 3. The van der Waals surface area contributed by atoms with Crippen LogP contribution in [-0.2, 0) is 4.79 Å². The zero-order valence-corrected chi connectivity index (χ0v) is 11.2. The maximum absolute atomic E-state index is 12.6. The van der Waals surface area contributed by atoms with Crippen molar-refractivity contribution in [2.75, 3.05) is 13.1 Å². The lowest BCUT2D eigenvalue weighted by atomic mass is 9.91. The number of aryl methyl sites for hydroxylation is 2. The largest absolute Gasteiger partial charge is 0.456 e. The maximum Gasteiger partial charge on any atom is 0.290 e. The van der Waals surface area contributed by atoms with Gasteiger partial charge in [0.05, 0.1) is 12.0 Å². The molecule has 0 aliphatic carbocycles. The molecule has 2 aliphatic rings. The summed E-state index contributed by atoms with van der Waals surface area (Å²) in [7, 11) is 0. The van der Waals surface area contributed by atoms with Gasteiger partial charge in [-0.15, -0.1) is 0 Å². The summed E-state index contributed by atoms with van der Waals surface area (Å²) in [5.74, 6) is 1.10. The van der Waals surface area contributed by atoms with Gasteiger partial charge in [-0.3, -0.25) is 9.59 Å². The molecule has 2 aliphatic heterocycles. The van der Waals surface area contributed by atoms with Crippen molar-refractivity contribution in [2.24, 2.45) is 5.92 Å². The first-order valence-corrected chi connectivity index (χ1v) is 6.73. The number of nitrogens with zero attached hydrogens (tertiary/aromatic N) is 1. The summed E-state index contributed by atoms with van der Waals surface area (Å²) in [5, 5.41) is 2.85. The van der Waals surface area contributed by atoms with Gasteiger partial charge in [-0.05, 0) is 32.8 Å². The van der Waals surface area contributed by atoms with Crippen LogP contribution in [0.5, 0.6) is 0 Å². The first-order valence-electron chi connectivity index (χ1n) is 6.73. The van der Waals surface area contributed by atoms with Crippen molar-refractivity contribution >= 4 is 11.8 Å². The molecular formula is C14H18N2O3. The van der Waals surface area contributed by atoms with Crippen LogP contribution < -0.4 is 5.32 Å². The number of amides is 2. The van der Waals surface area contributed by atoms with Crippen molar-refractivity contribution in [1.29, 1.82) is 0 Å². The molecule has 3 rings (SSSR count). The fraction of sp³-hybridized carbons (Fsp3) is 0.571. The topological polar surface area (TPSA) is 62.6 Å². The predicted molar refractivity (Wildman–Crippen MR) is 68.7 cm³/mol. The lowest BCUT2D eigenvalue weighted by molar-refractivity contribution is -0.123. The van der Waals surface area contributed by atoms with Crippen LogP contribution in [0, 0.1) is 19.8 Å². The number of carbonyl (C=O) groups is 2. The molecule has 1 N–H and O–H groups in total. The quantitative estimate of drug-likeness (QED) is 0.828. The van der Waals surface area contributed by atoms with E-state index in [1.165, 1.54) is 0 Å². The van der Waals surface area contributed by atoms with E-state index in [-0.39, 0.29) is 23.8 Å². The third-order valence-corrected chi connectivity index (χ3v) is 4.10. The summed E-state index contributed by atoms with van der Waals surface area (Å²) in [5.41, 5.74) is 0.863. The van der Waals surface area contributed by atoms with Gasteiger partial charge in [0.1, 0.15) is 5.76 Å². The molecule has 2 saturated heterocycles. The summed E-state index contributed by atoms with van der Waals surface area (Å²) >= 11 is 0. The Labute approximate surface area is 111 Å². The van der Waals surface area contributed by atoms with E-state index in [2.05, 4.69) is 5.32 Å². The van der Waals surface area contributed by atoms with Crippen LogP contribution in [0.4, 0.5) is 0 Å². The number of furan rings is 1. The Morgan fingerprint density at radius 1 is 1.47 bits per heavy atom. The van der Waals surface area contributed by atoms with Crippen molar-refractivity contribution in [2.45, 2.75) is 32.7 Å². The molecule has 1 aromatic heterocycles. The molecule has 0 bridgehead atoms. The van der Waals surface area contributed by atoms with Crippen molar-refractivity contribution in [3.8, 4) is 0 Å². The molecule has 3 heterocycles. The minimum atomic E-state index is -0.0863. The van der Waals surface area contributed by atoms with Crippen LogP contribution in [0.15, 0.2) is 10.5 Å². The Morgan fingerprint density at radius 2 is 2.26 bits per heavy atom. The fourth-order valence-electron chi connectivity index (χ4n) is 3.19. The molecule has 5 nitrogen and oxygen atoms in total. The highest BCUT2D eigenvalue weighted by atomic mass is 16.4. The fourth-order valence-corrected chi connectivity index (χ4v) is 3.19. The first kappa shape index (κ1) is 12.3. The van der Waals surface area contributed by atoms with Crippen molar-refractivity contribution < 1.29 is 14.0 Å². The minimum Gasteiger partial charge on any atom is -0.456 e. The average molecular weight is 262 g/mol. The Morgan fingerprint density at radius 3 is 2.95 bits per heavy atom.